The number of fused-ring (bicyclic) bond motifs is 1. The van der Waals surface area contributed by atoms with E-state index in [1.54, 1.807) is 0 Å². The normalized spacial score (nSPS) is 18.3. The quantitative estimate of drug-likeness (QED) is 0.740. The predicted molar refractivity (Wildman–Crippen MR) is 64.8 cm³/mol. The third-order valence-electron chi connectivity index (χ3n) is 2.18. The van der Waals surface area contributed by atoms with E-state index in [9.17, 15) is 0 Å². The van der Waals surface area contributed by atoms with Crippen molar-refractivity contribution in [1.82, 2.24) is 0 Å². The zero-order valence-corrected chi connectivity index (χ0v) is 10.7. The Labute approximate surface area is 97.1 Å². The first kappa shape index (κ1) is 9.38. The van der Waals surface area contributed by atoms with E-state index in [1.807, 2.05) is 22.2 Å². The first-order valence-corrected chi connectivity index (χ1v) is 9.51. The summed E-state index contributed by atoms with van der Waals surface area (Å²) in [5.41, 5.74) is 0. The first-order valence-electron chi connectivity index (χ1n) is 4.74. The maximum atomic E-state index is 6.00. The van der Waals surface area contributed by atoms with Gasteiger partial charge in [0.15, 0.2) is 0 Å². The van der Waals surface area contributed by atoms with Crippen LogP contribution in [0.15, 0.2) is 59.5 Å². The molecule has 0 aromatic heterocycles. The summed E-state index contributed by atoms with van der Waals surface area (Å²) >= 11 is -1.38. The maximum absolute atomic E-state index is 6.00. The zero-order valence-electron chi connectivity index (χ0n) is 7.96. The minimum absolute atomic E-state index is 1.06. The second-order valence-corrected chi connectivity index (χ2v) is 9.26. The molecule has 3 heteroatoms. The number of hydrogen-bond donors (Lipinski definition) is 0. The van der Waals surface area contributed by atoms with Gasteiger partial charge in [0.2, 0.25) is 0 Å². The van der Waals surface area contributed by atoms with Crippen LogP contribution in [0.4, 0.5) is 0 Å². The summed E-state index contributed by atoms with van der Waals surface area (Å²) in [6.45, 7) is 0. The van der Waals surface area contributed by atoms with Crippen LogP contribution in [0.25, 0.3) is 0 Å². The molecule has 1 aliphatic heterocycles. The molecule has 1 aliphatic rings. The first-order chi connectivity index (χ1) is 7.43. The fourth-order valence-electron chi connectivity index (χ4n) is 1.45. The minimum atomic E-state index is -1.38. The molecule has 0 amide bonds. The molecule has 2 aromatic carbocycles. The van der Waals surface area contributed by atoms with E-state index in [2.05, 4.69) is 42.5 Å². The van der Waals surface area contributed by atoms with Gasteiger partial charge in [-0.15, -0.1) is 0 Å². The Morgan fingerprint density at radius 1 is 0.867 bits per heavy atom. The van der Waals surface area contributed by atoms with Crippen molar-refractivity contribution in [2.45, 2.75) is 4.90 Å². The monoisotopic (exact) mass is 276 g/mol. The van der Waals surface area contributed by atoms with Gasteiger partial charge in [0.25, 0.3) is 0 Å². The van der Waals surface area contributed by atoms with Crippen LogP contribution >= 0.6 is 10.0 Å². The number of hydrogen-bond acceptors (Lipinski definition) is 2. The molecule has 0 spiro atoms. The zero-order chi connectivity index (χ0) is 10.1. The Kier molecular flexibility index (Phi) is 2.47. The SMILES string of the molecule is c1ccc([As]2Oc3ccccc3S2)cc1. The third-order valence-corrected chi connectivity index (χ3v) is 8.91. The average Bonchev–Trinajstić information content (AvgIpc) is 2.74. The van der Waals surface area contributed by atoms with Gasteiger partial charge in [-0.1, -0.05) is 0 Å². The van der Waals surface area contributed by atoms with E-state index in [0.29, 0.717) is 0 Å². The van der Waals surface area contributed by atoms with Gasteiger partial charge in [0.1, 0.15) is 0 Å². The molecular weight excluding hydrogens is 267 g/mol. The molecular formula is C12H9AsOS. The average molecular weight is 276 g/mol. The molecule has 1 atom stereocenters. The molecule has 74 valence electrons. The number of benzene rings is 2. The fourth-order valence-corrected chi connectivity index (χ4v) is 8.07. The van der Waals surface area contributed by atoms with Crippen molar-refractivity contribution in [3.8, 4) is 5.75 Å². The Hall–Kier alpha value is -0.852. The van der Waals surface area contributed by atoms with Gasteiger partial charge in [-0.05, 0) is 0 Å². The summed E-state index contributed by atoms with van der Waals surface area (Å²) in [7, 11) is 1.91. The van der Waals surface area contributed by atoms with E-state index >= 15 is 0 Å². The van der Waals surface area contributed by atoms with Crippen LogP contribution in [0.3, 0.4) is 0 Å². The predicted octanol–water partition coefficient (Wildman–Crippen LogP) is 2.57. The molecule has 0 aliphatic carbocycles. The van der Waals surface area contributed by atoms with Crippen LogP contribution in [-0.2, 0) is 0 Å². The van der Waals surface area contributed by atoms with Gasteiger partial charge in [-0.3, -0.25) is 0 Å². The Morgan fingerprint density at radius 3 is 2.40 bits per heavy atom. The number of para-hydroxylation sites is 1. The van der Waals surface area contributed by atoms with Crippen molar-refractivity contribution in [3.63, 3.8) is 0 Å². The van der Waals surface area contributed by atoms with Crippen molar-refractivity contribution < 1.29 is 3.73 Å². The van der Waals surface area contributed by atoms with E-state index in [0.717, 1.165) is 5.75 Å². The molecule has 0 N–H and O–H groups in total. The summed E-state index contributed by atoms with van der Waals surface area (Å²) in [6, 6.07) is 18.8. The third kappa shape index (κ3) is 1.80. The second-order valence-electron chi connectivity index (χ2n) is 3.22. The Bertz CT molecular complexity index is 447. The molecule has 0 radical (unpaired) electrons. The van der Waals surface area contributed by atoms with Crippen LogP contribution in [0, 0.1) is 0 Å². The van der Waals surface area contributed by atoms with Crippen molar-refractivity contribution in [2.75, 3.05) is 0 Å². The number of rotatable bonds is 1. The van der Waals surface area contributed by atoms with E-state index in [4.69, 9.17) is 3.73 Å². The molecule has 2 aromatic rings. The Morgan fingerprint density at radius 2 is 1.60 bits per heavy atom. The van der Waals surface area contributed by atoms with Gasteiger partial charge in [-0.25, -0.2) is 0 Å². The van der Waals surface area contributed by atoms with E-state index in [1.165, 1.54) is 9.25 Å². The molecule has 1 unspecified atom stereocenters. The van der Waals surface area contributed by atoms with Crippen LogP contribution < -0.4 is 8.08 Å². The molecule has 1 nitrogen and oxygen atoms in total. The molecule has 15 heavy (non-hydrogen) atoms. The van der Waals surface area contributed by atoms with Crippen molar-refractivity contribution in [1.29, 1.82) is 0 Å². The fraction of sp³-hybridized carbons (Fsp3) is 0. The molecule has 0 saturated heterocycles. The van der Waals surface area contributed by atoms with Crippen LogP contribution in [0.5, 0.6) is 5.75 Å². The molecule has 0 bridgehead atoms. The molecule has 1 heterocycles. The van der Waals surface area contributed by atoms with Gasteiger partial charge in [0, 0.05) is 0 Å². The van der Waals surface area contributed by atoms with Gasteiger partial charge >= 0.3 is 97.2 Å². The molecule has 0 fully saturated rings. The molecule has 3 rings (SSSR count). The second kappa shape index (κ2) is 3.96. The topological polar surface area (TPSA) is 9.23 Å². The van der Waals surface area contributed by atoms with E-state index < -0.39 is 13.8 Å². The van der Waals surface area contributed by atoms with Crippen molar-refractivity contribution in [3.05, 3.63) is 54.6 Å². The molecule has 0 saturated carbocycles. The van der Waals surface area contributed by atoms with Gasteiger partial charge < -0.3 is 0 Å². The Balaban J connectivity index is 1.91. The van der Waals surface area contributed by atoms with Crippen LogP contribution in [0.1, 0.15) is 0 Å². The summed E-state index contributed by atoms with van der Waals surface area (Å²) in [4.78, 5) is 1.29. The van der Waals surface area contributed by atoms with Crippen molar-refractivity contribution >= 4 is 28.2 Å². The van der Waals surface area contributed by atoms with Crippen LogP contribution in [0.2, 0.25) is 0 Å². The summed E-state index contributed by atoms with van der Waals surface area (Å²) < 4.78 is 7.37. The van der Waals surface area contributed by atoms with Crippen LogP contribution in [-0.4, -0.2) is 13.8 Å². The summed E-state index contributed by atoms with van der Waals surface area (Å²) in [6.07, 6.45) is 0. The van der Waals surface area contributed by atoms with Gasteiger partial charge in [-0.2, -0.15) is 0 Å². The van der Waals surface area contributed by atoms with Gasteiger partial charge in [0.05, 0.1) is 0 Å². The summed E-state index contributed by atoms with van der Waals surface area (Å²) in [5.74, 6) is 1.06. The standard InChI is InChI=1S/C12H9AsOS/c1-2-6-10(7-3-1)13-14-11-8-4-5-9-12(11)15-13/h1-9H. The summed E-state index contributed by atoms with van der Waals surface area (Å²) in [5, 5.41) is 0. The van der Waals surface area contributed by atoms with Crippen molar-refractivity contribution in [2.24, 2.45) is 0 Å². The van der Waals surface area contributed by atoms with E-state index in [-0.39, 0.29) is 0 Å².